The van der Waals surface area contributed by atoms with Crippen molar-refractivity contribution >= 4 is 11.9 Å². The van der Waals surface area contributed by atoms with E-state index in [1.807, 2.05) is 56.3 Å². The van der Waals surface area contributed by atoms with Crippen LogP contribution in [0.3, 0.4) is 0 Å². The molecule has 0 spiro atoms. The molecule has 0 saturated heterocycles. The zero-order valence-corrected chi connectivity index (χ0v) is 15.5. The average Bonchev–Trinajstić information content (AvgIpc) is 2.65. The summed E-state index contributed by atoms with van der Waals surface area (Å²) in [6.07, 6.45) is 4.96. The van der Waals surface area contributed by atoms with Crippen LogP contribution in [0, 0.1) is 0 Å². The third-order valence-electron chi connectivity index (χ3n) is 4.29. The van der Waals surface area contributed by atoms with E-state index >= 15 is 0 Å². The fraction of sp³-hybridized carbons (Fsp3) is 0.286. The molecule has 0 fully saturated rings. The van der Waals surface area contributed by atoms with Gasteiger partial charge in [-0.2, -0.15) is 0 Å². The molecule has 5 nitrogen and oxygen atoms in total. The Bertz CT molecular complexity index is 824. The van der Waals surface area contributed by atoms with Crippen molar-refractivity contribution in [1.82, 2.24) is 5.43 Å². The normalized spacial score (nSPS) is 15.2. The third kappa shape index (κ3) is 4.24. The number of ether oxygens (including phenoxy) is 2. The molecule has 1 aliphatic heterocycles. The molecule has 0 aromatic heterocycles. The highest BCUT2D eigenvalue weighted by Crippen LogP contribution is 2.31. The average molecular weight is 351 g/mol. The van der Waals surface area contributed by atoms with Crippen LogP contribution in [0.1, 0.15) is 30.5 Å². The van der Waals surface area contributed by atoms with Crippen molar-refractivity contribution in [1.29, 1.82) is 0 Å². The highest BCUT2D eigenvalue weighted by Gasteiger charge is 2.21. The van der Waals surface area contributed by atoms with Crippen LogP contribution in [0.4, 0.5) is 0 Å². The summed E-state index contributed by atoms with van der Waals surface area (Å²) >= 11 is 0. The molecule has 0 bridgehead atoms. The largest absolute Gasteiger partial charge is 0.497 e. The molecule has 0 unspecified atom stereocenters. The summed E-state index contributed by atoms with van der Waals surface area (Å²) in [5.41, 5.74) is 5.60. The van der Waals surface area contributed by atoms with E-state index in [2.05, 4.69) is 22.6 Å². The van der Waals surface area contributed by atoms with Crippen LogP contribution >= 0.6 is 0 Å². The quantitative estimate of drug-likeness (QED) is 0.375. The lowest BCUT2D eigenvalue weighted by Crippen LogP contribution is -2.32. The van der Waals surface area contributed by atoms with E-state index in [4.69, 9.17) is 15.3 Å². The molecule has 0 atom stereocenters. The fourth-order valence-electron chi connectivity index (χ4n) is 2.84. The van der Waals surface area contributed by atoms with Crippen LogP contribution in [0.2, 0.25) is 0 Å². The van der Waals surface area contributed by atoms with Gasteiger partial charge in [0.05, 0.1) is 7.11 Å². The first-order chi connectivity index (χ1) is 12.5. The predicted molar refractivity (Wildman–Crippen MR) is 106 cm³/mol. The Morgan fingerprint density at radius 1 is 1.19 bits per heavy atom. The van der Waals surface area contributed by atoms with Crippen LogP contribution in [0.15, 0.2) is 53.5 Å². The maximum absolute atomic E-state index is 5.96. The van der Waals surface area contributed by atoms with Crippen molar-refractivity contribution in [3.05, 3.63) is 65.2 Å². The molecule has 3 rings (SSSR count). The van der Waals surface area contributed by atoms with Gasteiger partial charge in [0, 0.05) is 17.7 Å². The summed E-state index contributed by atoms with van der Waals surface area (Å²) in [5.74, 6) is 8.09. The number of nitrogens with zero attached hydrogens (tertiary/aromatic N) is 1. The number of nitrogens with two attached hydrogens (primary N) is 1. The summed E-state index contributed by atoms with van der Waals surface area (Å²) in [6.45, 7) is 4.71. The first kappa shape index (κ1) is 18.0. The van der Waals surface area contributed by atoms with Crippen molar-refractivity contribution in [2.45, 2.75) is 25.9 Å². The summed E-state index contributed by atoms with van der Waals surface area (Å²) in [7, 11) is 1.66. The Morgan fingerprint density at radius 3 is 2.65 bits per heavy atom. The number of hydrazine groups is 1. The van der Waals surface area contributed by atoms with E-state index in [1.54, 1.807) is 7.11 Å². The van der Waals surface area contributed by atoms with E-state index in [0.717, 1.165) is 29.0 Å². The summed E-state index contributed by atoms with van der Waals surface area (Å²) in [5, 5.41) is 0. The van der Waals surface area contributed by atoms with Gasteiger partial charge in [0.15, 0.2) is 0 Å². The molecule has 0 radical (unpaired) electrons. The lowest BCUT2D eigenvalue weighted by atomic mass is 10.0. The molecule has 2 aromatic carbocycles. The highest BCUT2D eigenvalue weighted by molar-refractivity contribution is 5.99. The molecule has 26 heavy (non-hydrogen) atoms. The van der Waals surface area contributed by atoms with Gasteiger partial charge in [0.25, 0.3) is 0 Å². The molecule has 1 aliphatic rings. The molecule has 136 valence electrons. The molecule has 0 saturated carbocycles. The molecule has 0 amide bonds. The van der Waals surface area contributed by atoms with Crippen molar-refractivity contribution in [2.75, 3.05) is 13.7 Å². The molecule has 1 heterocycles. The second-order valence-corrected chi connectivity index (χ2v) is 6.76. The van der Waals surface area contributed by atoms with Gasteiger partial charge in [-0.3, -0.25) is 4.99 Å². The van der Waals surface area contributed by atoms with E-state index in [0.29, 0.717) is 12.4 Å². The molecule has 2 aromatic rings. The van der Waals surface area contributed by atoms with Gasteiger partial charge >= 0.3 is 0 Å². The van der Waals surface area contributed by atoms with Gasteiger partial charge in [0.2, 0.25) is 0 Å². The SMILES string of the molecule is COc1ccc(CCN=C(NN)c2ccc3c(c2)C=CC(C)(C)O3)cc1. The lowest BCUT2D eigenvalue weighted by Gasteiger charge is -2.28. The number of hydrogen-bond donors (Lipinski definition) is 2. The third-order valence-corrected chi connectivity index (χ3v) is 4.29. The smallest absolute Gasteiger partial charge is 0.142 e. The van der Waals surface area contributed by atoms with Gasteiger partial charge in [-0.15, -0.1) is 0 Å². The summed E-state index contributed by atoms with van der Waals surface area (Å²) in [4.78, 5) is 4.61. The van der Waals surface area contributed by atoms with Crippen molar-refractivity contribution in [3.63, 3.8) is 0 Å². The summed E-state index contributed by atoms with van der Waals surface area (Å²) in [6, 6.07) is 14.0. The van der Waals surface area contributed by atoms with Crippen molar-refractivity contribution in [3.8, 4) is 11.5 Å². The van der Waals surface area contributed by atoms with Gasteiger partial charge in [-0.25, -0.2) is 5.84 Å². The standard InChI is InChI=1S/C21H25N3O2/c1-21(2)12-10-16-14-17(6-9-19(16)26-21)20(24-22)23-13-11-15-4-7-18(25-3)8-5-15/h4-10,12,14H,11,13,22H2,1-3H3,(H,23,24). The molecule has 5 heteroatoms. The topological polar surface area (TPSA) is 68.9 Å². The molecule has 3 N–H and O–H groups in total. The Labute approximate surface area is 154 Å². The fourth-order valence-corrected chi connectivity index (χ4v) is 2.84. The molecular weight excluding hydrogens is 326 g/mol. The number of fused-ring (bicyclic) bond motifs is 1. The number of nitrogens with one attached hydrogen (secondary N) is 1. The first-order valence-electron chi connectivity index (χ1n) is 8.67. The van der Waals surface area contributed by atoms with Crippen LogP contribution in [0.25, 0.3) is 6.08 Å². The highest BCUT2D eigenvalue weighted by atomic mass is 16.5. The van der Waals surface area contributed by atoms with Gasteiger partial charge in [-0.1, -0.05) is 18.2 Å². The van der Waals surface area contributed by atoms with Crippen LogP contribution in [-0.4, -0.2) is 25.1 Å². The molecular formula is C21H25N3O2. The Morgan fingerprint density at radius 2 is 1.96 bits per heavy atom. The van der Waals surface area contributed by atoms with E-state index in [-0.39, 0.29) is 5.60 Å². The second-order valence-electron chi connectivity index (χ2n) is 6.76. The zero-order chi connectivity index (χ0) is 18.6. The van der Waals surface area contributed by atoms with Crippen molar-refractivity contribution in [2.24, 2.45) is 10.8 Å². The van der Waals surface area contributed by atoms with E-state index < -0.39 is 0 Å². The van der Waals surface area contributed by atoms with Crippen LogP contribution in [0.5, 0.6) is 11.5 Å². The van der Waals surface area contributed by atoms with E-state index in [1.165, 1.54) is 5.56 Å². The zero-order valence-electron chi connectivity index (χ0n) is 15.5. The first-order valence-corrected chi connectivity index (χ1v) is 8.67. The minimum atomic E-state index is -0.282. The maximum Gasteiger partial charge on any atom is 0.142 e. The number of benzene rings is 2. The Balaban J connectivity index is 1.71. The minimum absolute atomic E-state index is 0.282. The number of amidine groups is 1. The van der Waals surface area contributed by atoms with Crippen LogP contribution < -0.4 is 20.7 Å². The van der Waals surface area contributed by atoms with Gasteiger partial charge < -0.3 is 14.9 Å². The lowest BCUT2D eigenvalue weighted by molar-refractivity contribution is 0.159. The van der Waals surface area contributed by atoms with Gasteiger partial charge in [-0.05, 0) is 62.2 Å². The molecule has 0 aliphatic carbocycles. The Kier molecular flexibility index (Phi) is 5.28. The van der Waals surface area contributed by atoms with Crippen molar-refractivity contribution < 1.29 is 9.47 Å². The minimum Gasteiger partial charge on any atom is -0.497 e. The number of methoxy groups -OCH3 is 1. The second kappa shape index (κ2) is 7.62. The monoisotopic (exact) mass is 351 g/mol. The number of aliphatic imine (C=N–C) groups is 1. The van der Waals surface area contributed by atoms with Gasteiger partial charge in [0.1, 0.15) is 22.9 Å². The number of hydrogen-bond acceptors (Lipinski definition) is 4. The Hall–Kier alpha value is -2.79. The predicted octanol–water partition coefficient (Wildman–Crippen LogP) is 3.33. The van der Waals surface area contributed by atoms with Crippen LogP contribution in [-0.2, 0) is 6.42 Å². The van der Waals surface area contributed by atoms with E-state index in [9.17, 15) is 0 Å². The maximum atomic E-state index is 5.96. The summed E-state index contributed by atoms with van der Waals surface area (Å²) < 4.78 is 11.1. The number of rotatable bonds is 5.